The minimum Gasteiger partial charge on any atom is -0.454 e. The highest BCUT2D eigenvalue weighted by Gasteiger charge is 2.23. The second kappa shape index (κ2) is 11.8. The number of Topliss-reactive ketones (excluding diaryl/α,β-unsaturated/α-hetero) is 1. The Hall–Kier alpha value is -2.42. The van der Waals surface area contributed by atoms with Crippen molar-refractivity contribution in [3.05, 3.63) is 48.0 Å². The van der Waals surface area contributed by atoms with Crippen LogP contribution in [0.2, 0.25) is 0 Å². The molecule has 2 rings (SSSR count). The molecule has 0 aliphatic heterocycles. The number of sulfonamides is 1. The van der Waals surface area contributed by atoms with Crippen LogP contribution in [0.3, 0.4) is 0 Å². The van der Waals surface area contributed by atoms with E-state index in [1.54, 1.807) is 30.3 Å². The van der Waals surface area contributed by atoms with Crippen molar-refractivity contribution >= 4 is 21.5 Å². The number of primary sulfonamides is 1. The Kier molecular flexibility index (Phi) is 9.48. The molecule has 0 saturated heterocycles. The number of carbonyl (C=O) groups is 1. The van der Waals surface area contributed by atoms with Crippen molar-refractivity contribution in [2.45, 2.75) is 43.9 Å². The second-order valence-electron chi connectivity index (χ2n) is 7.78. The van der Waals surface area contributed by atoms with Crippen molar-refractivity contribution in [3.63, 3.8) is 0 Å². The largest absolute Gasteiger partial charge is 0.454 e. The number of ketones is 1. The quantitative estimate of drug-likeness (QED) is 0.351. The van der Waals surface area contributed by atoms with Gasteiger partial charge in [-0.15, -0.1) is 0 Å². The van der Waals surface area contributed by atoms with Crippen molar-refractivity contribution in [3.8, 4) is 11.5 Å². The maximum Gasteiger partial charge on any atom is 0.241 e. The molecule has 0 radical (unpaired) electrons. The number of ether oxygens (including phenoxy) is 1. The van der Waals surface area contributed by atoms with Crippen molar-refractivity contribution in [1.29, 1.82) is 0 Å². The summed E-state index contributed by atoms with van der Waals surface area (Å²) >= 11 is 0. The monoisotopic (exact) mass is 447 g/mol. The van der Waals surface area contributed by atoms with E-state index in [0.29, 0.717) is 30.0 Å². The molecule has 0 atom stereocenters. The van der Waals surface area contributed by atoms with E-state index in [0.717, 1.165) is 32.2 Å². The number of hydrogen-bond acceptors (Lipinski definition) is 6. The minimum atomic E-state index is -4.12. The Balaban J connectivity index is 2.41. The zero-order chi connectivity index (χ0) is 22.9. The Morgan fingerprint density at radius 1 is 1.10 bits per heavy atom. The van der Waals surface area contributed by atoms with Crippen molar-refractivity contribution in [2.24, 2.45) is 5.14 Å². The van der Waals surface area contributed by atoms with Crippen LogP contribution in [-0.2, 0) is 10.0 Å². The first-order valence-electron chi connectivity index (χ1n) is 10.6. The summed E-state index contributed by atoms with van der Waals surface area (Å²) < 4.78 is 30.7. The lowest BCUT2D eigenvalue weighted by Gasteiger charge is -2.18. The molecule has 0 amide bonds. The highest BCUT2D eigenvalue weighted by Crippen LogP contribution is 2.37. The summed E-state index contributed by atoms with van der Waals surface area (Å²) in [6, 6.07) is 11.9. The Labute approximate surface area is 185 Å². The maximum atomic E-state index is 12.8. The number of benzene rings is 2. The van der Waals surface area contributed by atoms with Gasteiger partial charge in [-0.3, -0.25) is 4.79 Å². The van der Waals surface area contributed by atoms with E-state index in [4.69, 9.17) is 9.88 Å². The zero-order valence-corrected chi connectivity index (χ0v) is 19.4. The third-order valence-corrected chi connectivity index (χ3v) is 5.67. The molecular formula is C23H33N3O4S. The van der Waals surface area contributed by atoms with Crippen LogP contribution in [0.25, 0.3) is 0 Å². The smallest absolute Gasteiger partial charge is 0.241 e. The lowest BCUT2D eigenvalue weighted by atomic mass is 10.0. The Bertz CT molecular complexity index is 960. The lowest BCUT2D eigenvalue weighted by Crippen LogP contribution is -2.16. The molecule has 2 aromatic rings. The summed E-state index contributed by atoms with van der Waals surface area (Å²) in [5, 5.41) is 8.73. The van der Waals surface area contributed by atoms with Crippen LogP contribution in [0.5, 0.6) is 11.5 Å². The van der Waals surface area contributed by atoms with E-state index >= 15 is 0 Å². The van der Waals surface area contributed by atoms with Gasteiger partial charge in [-0.2, -0.15) is 0 Å². The number of anilines is 1. The van der Waals surface area contributed by atoms with Crippen molar-refractivity contribution in [1.82, 2.24) is 4.90 Å². The molecule has 31 heavy (non-hydrogen) atoms. The number of nitrogens with one attached hydrogen (secondary N) is 1. The first kappa shape index (κ1) is 24.8. The number of rotatable bonds is 13. The Morgan fingerprint density at radius 2 is 1.81 bits per heavy atom. The Morgan fingerprint density at radius 3 is 2.42 bits per heavy atom. The predicted octanol–water partition coefficient (Wildman–Crippen LogP) is 4.25. The van der Waals surface area contributed by atoms with E-state index in [9.17, 15) is 13.2 Å². The van der Waals surface area contributed by atoms with E-state index in [1.807, 2.05) is 20.2 Å². The van der Waals surface area contributed by atoms with Gasteiger partial charge < -0.3 is 15.0 Å². The van der Waals surface area contributed by atoms with Crippen molar-refractivity contribution < 1.29 is 17.9 Å². The van der Waals surface area contributed by atoms with Crippen LogP contribution in [0.4, 0.5) is 5.69 Å². The third kappa shape index (κ3) is 7.97. The first-order valence-corrected chi connectivity index (χ1v) is 12.1. The van der Waals surface area contributed by atoms with E-state index in [1.165, 1.54) is 6.07 Å². The molecule has 0 bridgehead atoms. The molecule has 7 nitrogen and oxygen atoms in total. The molecule has 0 saturated carbocycles. The molecule has 8 heteroatoms. The number of carbonyl (C=O) groups excluding carboxylic acids is 1. The van der Waals surface area contributed by atoms with Gasteiger partial charge in [0.1, 0.15) is 10.6 Å². The van der Waals surface area contributed by atoms with Crippen molar-refractivity contribution in [2.75, 3.05) is 32.5 Å². The van der Waals surface area contributed by atoms with Crippen LogP contribution in [-0.4, -0.2) is 46.3 Å². The minimum absolute atomic E-state index is 0.106. The van der Waals surface area contributed by atoms with E-state index in [2.05, 4.69) is 17.1 Å². The summed E-state index contributed by atoms with van der Waals surface area (Å²) in [6.07, 6.45) is 3.80. The van der Waals surface area contributed by atoms with Gasteiger partial charge in [0.05, 0.1) is 5.69 Å². The van der Waals surface area contributed by atoms with E-state index in [-0.39, 0.29) is 16.4 Å². The molecule has 0 aromatic heterocycles. The average molecular weight is 448 g/mol. The van der Waals surface area contributed by atoms with Gasteiger partial charge in [0.15, 0.2) is 11.5 Å². The fourth-order valence-corrected chi connectivity index (χ4v) is 3.78. The molecule has 3 N–H and O–H groups in total. The summed E-state index contributed by atoms with van der Waals surface area (Å²) in [6.45, 7) is 3.57. The van der Waals surface area contributed by atoms with Crippen LogP contribution >= 0.6 is 0 Å². The lowest BCUT2D eigenvalue weighted by molar-refractivity contribution is 0.0978. The summed E-state index contributed by atoms with van der Waals surface area (Å²) in [7, 11) is -0.151. The number of unbranched alkanes of at least 4 members (excludes halogenated alkanes) is 2. The molecule has 0 spiro atoms. The molecule has 0 aliphatic carbocycles. The molecular weight excluding hydrogens is 414 g/mol. The second-order valence-corrected chi connectivity index (χ2v) is 9.30. The van der Waals surface area contributed by atoms with Crippen LogP contribution in [0.1, 0.15) is 49.4 Å². The maximum absolute atomic E-state index is 12.8. The molecule has 0 aliphatic rings. The van der Waals surface area contributed by atoms with Gasteiger partial charge in [-0.1, -0.05) is 31.5 Å². The van der Waals surface area contributed by atoms with E-state index < -0.39 is 10.0 Å². The summed E-state index contributed by atoms with van der Waals surface area (Å²) in [4.78, 5) is 14.7. The van der Waals surface area contributed by atoms with Gasteiger partial charge in [0.2, 0.25) is 10.0 Å². The van der Waals surface area contributed by atoms with Crippen LogP contribution in [0, 0.1) is 0 Å². The average Bonchev–Trinajstić information content (AvgIpc) is 2.72. The number of nitrogens with zero attached hydrogens (tertiary/aromatic N) is 1. The van der Waals surface area contributed by atoms with Crippen LogP contribution < -0.4 is 15.2 Å². The van der Waals surface area contributed by atoms with Gasteiger partial charge in [0.25, 0.3) is 0 Å². The van der Waals surface area contributed by atoms with Gasteiger partial charge in [-0.05, 0) is 64.2 Å². The molecule has 0 unspecified atom stereocenters. The number of para-hydroxylation sites is 1. The number of hydrogen-bond donors (Lipinski definition) is 2. The van der Waals surface area contributed by atoms with Gasteiger partial charge in [0, 0.05) is 18.5 Å². The fourth-order valence-electron chi connectivity index (χ4n) is 3.08. The highest BCUT2D eigenvalue weighted by molar-refractivity contribution is 7.89. The normalized spacial score (nSPS) is 11.5. The molecule has 0 fully saturated rings. The fraction of sp³-hybridized carbons (Fsp3) is 0.435. The predicted molar refractivity (Wildman–Crippen MR) is 124 cm³/mol. The summed E-state index contributed by atoms with van der Waals surface area (Å²) in [5.74, 6) is 0.469. The molecule has 2 aromatic carbocycles. The topological polar surface area (TPSA) is 102 Å². The standard InChI is InChI=1S/C23H33N3O4S/c1-4-5-14-25-20-16-18(21(27)13-9-10-15-26(2)3)17-22(31(24,28)29)23(20)30-19-11-7-6-8-12-19/h6-8,11-12,16-17,25H,4-5,9-10,13-15H2,1-3H3,(H2,24,28,29). The number of nitrogens with two attached hydrogens (primary N) is 1. The van der Waals surface area contributed by atoms with Gasteiger partial charge in [-0.25, -0.2) is 13.6 Å². The van der Waals surface area contributed by atoms with Gasteiger partial charge >= 0.3 is 0 Å². The summed E-state index contributed by atoms with van der Waals surface area (Å²) in [5.41, 5.74) is 0.758. The molecule has 170 valence electrons. The SMILES string of the molecule is CCCCNc1cc(C(=O)CCCCN(C)C)cc(S(N)(=O)=O)c1Oc1ccccc1. The third-order valence-electron chi connectivity index (χ3n) is 4.75. The highest BCUT2D eigenvalue weighted by atomic mass is 32.2. The van der Waals surface area contributed by atoms with Crippen LogP contribution in [0.15, 0.2) is 47.4 Å². The zero-order valence-electron chi connectivity index (χ0n) is 18.6. The molecule has 0 heterocycles. The first-order chi connectivity index (χ1) is 14.7.